The highest BCUT2D eigenvalue weighted by Gasteiger charge is 2.40. The summed E-state index contributed by atoms with van der Waals surface area (Å²) in [5.41, 5.74) is 5.03. The van der Waals surface area contributed by atoms with Crippen LogP contribution in [0.15, 0.2) is 6.07 Å². The number of aromatic nitrogens is 1. The summed E-state index contributed by atoms with van der Waals surface area (Å²) in [6.45, 7) is 1.55. The number of halogens is 2. The number of nitrogen functional groups attached to an aromatic ring is 1. The Morgan fingerprint density at radius 3 is 2.63 bits per heavy atom. The molecule has 0 bridgehead atoms. The van der Waals surface area contributed by atoms with Crippen LogP contribution in [0.2, 0.25) is 0 Å². The van der Waals surface area contributed by atoms with E-state index in [1.807, 2.05) is 0 Å². The van der Waals surface area contributed by atoms with Gasteiger partial charge in [0.25, 0.3) is 11.8 Å². The van der Waals surface area contributed by atoms with Gasteiger partial charge >= 0.3 is 5.69 Å². The number of nitro groups is 1. The molecule has 0 unspecified atom stereocenters. The molecule has 10 heteroatoms. The number of carbonyl (C=O) groups excluding carboxylic acids is 1. The average molecular weight is 383 g/mol. The van der Waals surface area contributed by atoms with Crippen molar-refractivity contribution in [2.24, 2.45) is 5.92 Å². The first-order valence-corrected chi connectivity index (χ1v) is 9.05. The fraction of sp³-hybridized carbons (Fsp3) is 0.647. The molecule has 3 N–H and O–H groups in total. The van der Waals surface area contributed by atoms with Gasteiger partial charge in [0.2, 0.25) is 5.82 Å². The van der Waals surface area contributed by atoms with E-state index < -0.39 is 34.8 Å². The number of nitrogens with two attached hydrogens (primary N) is 1. The second-order valence-electron chi connectivity index (χ2n) is 7.48. The van der Waals surface area contributed by atoms with Gasteiger partial charge in [0.05, 0.1) is 17.0 Å². The smallest absolute Gasteiger partial charge is 0.312 e. The highest BCUT2D eigenvalue weighted by molar-refractivity contribution is 6.00. The van der Waals surface area contributed by atoms with Gasteiger partial charge in [-0.15, -0.1) is 0 Å². The van der Waals surface area contributed by atoms with Crippen LogP contribution >= 0.6 is 0 Å². The van der Waals surface area contributed by atoms with Gasteiger partial charge in [-0.1, -0.05) is 6.92 Å². The molecule has 1 saturated carbocycles. The van der Waals surface area contributed by atoms with Crippen molar-refractivity contribution in [1.82, 2.24) is 10.3 Å². The summed E-state index contributed by atoms with van der Waals surface area (Å²) in [6, 6.07) is 0.993. The van der Waals surface area contributed by atoms with Crippen LogP contribution in [0.25, 0.3) is 0 Å². The molecule has 1 aromatic heterocycles. The zero-order valence-corrected chi connectivity index (χ0v) is 15.1. The maximum Gasteiger partial charge on any atom is 0.312 e. The standard InChI is InChI=1S/C17H23F2N5O3/c1-10-2-4-11(5-3-10)21-16(25)12-8-13(24(26)27)14(20)22-15(12)23-7-6-17(18,19)9-23/h8,10-11H,2-7,9H2,1H3,(H2,20,22)(H,21,25). The third-order valence-electron chi connectivity index (χ3n) is 5.27. The summed E-state index contributed by atoms with van der Waals surface area (Å²) in [5, 5.41) is 14.0. The Kier molecular flexibility index (Phi) is 5.16. The zero-order valence-electron chi connectivity index (χ0n) is 15.1. The van der Waals surface area contributed by atoms with Crippen LogP contribution in [0, 0.1) is 16.0 Å². The van der Waals surface area contributed by atoms with Gasteiger partial charge in [0.15, 0.2) is 0 Å². The molecule has 27 heavy (non-hydrogen) atoms. The molecule has 1 saturated heterocycles. The predicted octanol–water partition coefficient (Wildman–Crippen LogP) is 2.73. The van der Waals surface area contributed by atoms with Crippen LogP contribution in [-0.2, 0) is 0 Å². The van der Waals surface area contributed by atoms with E-state index in [-0.39, 0.29) is 30.4 Å². The topological polar surface area (TPSA) is 114 Å². The Hall–Kier alpha value is -2.52. The molecular formula is C17H23F2N5O3. The van der Waals surface area contributed by atoms with Gasteiger partial charge in [-0.2, -0.15) is 0 Å². The lowest BCUT2D eigenvalue weighted by Crippen LogP contribution is -2.38. The first-order chi connectivity index (χ1) is 12.7. The van der Waals surface area contributed by atoms with Crippen molar-refractivity contribution in [2.75, 3.05) is 23.7 Å². The summed E-state index contributed by atoms with van der Waals surface area (Å²) < 4.78 is 27.2. The molecule has 2 fully saturated rings. The Morgan fingerprint density at radius 1 is 1.41 bits per heavy atom. The van der Waals surface area contributed by atoms with Crippen molar-refractivity contribution in [3.8, 4) is 0 Å². The predicted molar refractivity (Wildman–Crippen MR) is 96.0 cm³/mol. The van der Waals surface area contributed by atoms with Crippen molar-refractivity contribution in [2.45, 2.75) is 51.0 Å². The molecule has 2 aliphatic rings. The summed E-state index contributed by atoms with van der Waals surface area (Å²) >= 11 is 0. The number of alkyl halides is 2. The fourth-order valence-corrected chi connectivity index (χ4v) is 3.65. The van der Waals surface area contributed by atoms with Crippen LogP contribution in [0.3, 0.4) is 0 Å². The molecule has 0 aromatic carbocycles. The van der Waals surface area contributed by atoms with Crippen LogP contribution in [0.1, 0.15) is 49.4 Å². The molecule has 8 nitrogen and oxygen atoms in total. The van der Waals surface area contributed by atoms with E-state index in [2.05, 4.69) is 17.2 Å². The lowest BCUT2D eigenvalue weighted by atomic mass is 9.87. The van der Waals surface area contributed by atoms with Crippen molar-refractivity contribution in [3.05, 3.63) is 21.7 Å². The second-order valence-corrected chi connectivity index (χ2v) is 7.48. The highest BCUT2D eigenvalue weighted by Crippen LogP contribution is 2.35. The van der Waals surface area contributed by atoms with E-state index >= 15 is 0 Å². The number of hydrogen-bond acceptors (Lipinski definition) is 6. The molecular weight excluding hydrogens is 360 g/mol. The first-order valence-electron chi connectivity index (χ1n) is 9.05. The summed E-state index contributed by atoms with van der Waals surface area (Å²) in [4.78, 5) is 28.4. The largest absolute Gasteiger partial charge is 0.378 e. The van der Waals surface area contributed by atoms with Gasteiger partial charge in [0, 0.05) is 25.1 Å². The monoisotopic (exact) mass is 383 g/mol. The average Bonchev–Trinajstić information content (AvgIpc) is 2.96. The number of hydrogen-bond donors (Lipinski definition) is 2. The molecule has 0 spiro atoms. The van der Waals surface area contributed by atoms with E-state index in [1.54, 1.807) is 0 Å². The minimum absolute atomic E-state index is 0.00151. The number of pyridine rings is 1. The van der Waals surface area contributed by atoms with Crippen molar-refractivity contribution < 1.29 is 18.5 Å². The van der Waals surface area contributed by atoms with E-state index in [0.29, 0.717) is 5.92 Å². The first kappa shape index (κ1) is 19.2. The molecule has 1 aliphatic heterocycles. The number of anilines is 2. The number of nitrogens with zero attached hydrogens (tertiary/aromatic N) is 3. The van der Waals surface area contributed by atoms with E-state index in [1.165, 1.54) is 4.90 Å². The van der Waals surface area contributed by atoms with Crippen molar-refractivity contribution in [3.63, 3.8) is 0 Å². The van der Waals surface area contributed by atoms with Crippen molar-refractivity contribution in [1.29, 1.82) is 0 Å². The molecule has 2 heterocycles. The maximum absolute atomic E-state index is 13.6. The summed E-state index contributed by atoms with van der Waals surface area (Å²) in [5.74, 6) is -3.27. The molecule has 1 amide bonds. The Labute approximate surface area is 155 Å². The minimum Gasteiger partial charge on any atom is -0.378 e. The van der Waals surface area contributed by atoms with E-state index in [4.69, 9.17) is 5.73 Å². The summed E-state index contributed by atoms with van der Waals surface area (Å²) in [6.07, 6.45) is 3.22. The Morgan fingerprint density at radius 2 is 2.07 bits per heavy atom. The number of amides is 1. The lowest BCUT2D eigenvalue weighted by Gasteiger charge is -2.27. The van der Waals surface area contributed by atoms with Crippen LogP contribution in [0.5, 0.6) is 0 Å². The van der Waals surface area contributed by atoms with Gasteiger partial charge < -0.3 is 16.0 Å². The lowest BCUT2D eigenvalue weighted by molar-refractivity contribution is -0.384. The van der Waals surface area contributed by atoms with Gasteiger partial charge in [-0.25, -0.2) is 13.8 Å². The minimum atomic E-state index is -2.90. The third-order valence-corrected chi connectivity index (χ3v) is 5.27. The quantitative estimate of drug-likeness (QED) is 0.610. The molecule has 0 atom stereocenters. The Balaban J connectivity index is 1.90. The molecule has 1 aliphatic carbocycles. The molecule has 0 radical (unpaired) electrons. The Bertz CT molecular complexity index is 750. The molecule has 148 valence electrons. The second kappa shape index (κ2) is 7.24. The summed E-state index contributed by atoms with van der Waals surface area (Å²) in [7, 11) is 0. The van der Waals surface area contributed by atoms with Crippen LogP contribution in [-0.4, -0.2) is 40.9 Å². The van der Waals surface area contributed by atoms with Crippen LogP contribution < -0.4 is 16.0 Å². The zero-order chi connectivity index (χ0) is 19.8. The number of rotatable bonds is 4. The van der Waals surface area contributed by atoms with E-state index in [0.717, 1.165) is 31.7 Å². The number of nitrogens with one attached hydrogen (secondary N) is 1. The molecule has 1 aromatic rings. The van der Waals surface area contributed by atoms with Crippen LogP contribution in [0.4, 0.5) is 26.1 Å². The fourth-order valence-electron chi connectivity index (χ4n) is 3.65. The van der Waals surface area contributed by atoms with Gasteiger partial charge in [-0.05, 0) is 31.6 Å². The highest BCUT2D eigenvalue weighted by atomic mass is 19.3. The van der Waals surface area contributed by atoms with Crippen molar-refractivity contribution >= 4 is 23.2 Å². The van der Waals surface area contributed by atoms with Gasteiger partial charge in [0.1, 0.15) is 5.82 Å². The van der Waals surface area contributed by atoms with E-state index in [9.17, 15) is 23.7 Å². The maximum atomic E-state index is 13.6. The number of carbonyl (C=O) groups is 1. The molecule has 3 rings (SSSR count). The van der Waals surface area contributed by atoms with Gasteiger partial charge in [-0.3, -0.25) is 14.9 Å². The SMILES string of the molecule is CC1CCC(NC(=O)c2cc([N+](=O)[O-])c(N)nc2N2CCC(F)(F)C2)CC1. The normalized spacial score (nSPS) is 24.6. The third kappa shape index (κ3) is 4.25.